The second kappa shape index (κ2) is 9.26. The molecule has 1 N–H and O–H groups in total. The van der Waals surface area contributed by atoms with Gasteiger partial charge in [0, 0.05) is 10.6 Å². The number of ether oxygens (including phenoxy) is 2. The lowest BCUT2D eigenvalue weighted by Gasteiger charge is -2.19. The van der Waals surface area contributed by atoms with Gasteiger partial charge in [-0.3, -0.25) is 4.79 Å². The lowest BCUT2D eigenvalue weighted by molar-refractivity contribution is -0.125. The Hall–Kier alpha value is -3.31. The molecule has 3 rings (SSSR count). The fourth-order valence-electron chi connectivity index (χ4n) is 2.81. The molecule has 0 bridgehead atoms. The number of anilines is 1. The molecule has 0 heterocycles. The molecule has 0 aliphatic rings. The van der Waals surface area contributed by atoms with Gasteiger partial charge in [-0.05, 0) is 42.8 Å². The Balaban J connectivity index is 1.89. The van der Waals surface area contributed by atoms with Gasteiger partial charge in [0.15, 0.2) is 0 Å². The molecular weight excluding hydrogens is 390 g/mol. The predicted molar refractivity (Wildman–Crippen MR) is 112 cm³/mol. The van der Waals surface area contributed by atoms with Crippen LogP contribution in [-0.4, -0.2) is 19.0 Å². The molecule has 0 saturated carbocycles. The van der Waals surface area contributed by atoms with Crippen LogP contribution in [0.1, 0.15) is 27.6 Å². The molecule has 29 heavy (non-hydrogen) atoms. The molecule has 0 fully saturated rings. The van der Waals surface area contributed by atoms with E-state index in [0.29, 0.717) is 22.0 Å². The van der Waals surface area contributed by atoms with E-state index < -0.39 is 18.0 Å². The van der Waals surface area contributed by atoms with Crippen molar-refractivity contribution in [3.05, 3.63) is 94.5 Å². The van der Waals surface area contributed by atoms with Crippen molar-refractivity contribution in [1.29, 1.82) is 0 Å². The topological polar surface area (TPSA) is 64.6 Å². The highest BCUT2D eigenvalue weighted by atomic mass is 35.5. The third-order valence-electron chi connectivity index (χ3n) is 4.24. The minimum absolute atomic E-state index is 0.263. The molecule has 0 unspecified atom stereocenters. The van der Waals surface area contributed by atoms with Crippen molar-refractivity contribution in [2.24, 2.45) is 0 Å². The molecule has 5 nitrogen and oxygen atoms in total. The van der Waals surface area contributed by atoms with Gasteiger partial charge in [-0.1, -0.05) is 54.1 Å². The van der Waals surface area contributed by atoms with Gasteiger partial charge in [0.25, 0.3) is 5.91 Å². The zero-order valence-corrected chi connectivity index (χ0v) is 16.8. The van der Waals surface area contributed by atoms with E-state index in [4.69, 9.17) is 21.1 Å². The van der Waals surface area contributed by atoms with Gasteiger partial charge >= 0.3 is 5.97 Å². The summed E-state index contributed by atoms with van der Waals surface area (Å²) in [4.78, 5) is 25.7. The highest BCUT2D eigenvalue weighted by molar-refractivity contribution is 6.30. The monoisotopic (exact) mass is 409 g/mol. The van der Waals surface area contributed by atoms with Crippen LogP contribution in [0.4, 0.5) is 5.69 Å². The lowest BCUT2D eigenvalue weighted by Crippen LogP contribution is -2.26. The number of benzene rings is 3. The number of carbonyl (C=O) groups is 2. The highest BCUT2D eigenvalue weighted by Crippen LogP contribution is 2.28. The van der Waals surface area contributed by atoms with Gasteiger partial charge in [0.05, 0.1) is 18.4 Å². The predicted octanol–water partition coefficient (Wildman–Crippen LogP) is 5.19. The van der Waals surface area contributed by atoms with Crippen LogP contribution < -0.4 is 10.1 Å². The Morgan fingerprint density at radius 1 is 0.966 bits per heavy atom. The second-order valence-electron chi connectivity index (χ2n) is 6.40. The van der Waals surface area contributed by atoms with Gasteiger partial charge in [-0.15, -0.1) is 0 Å². The summed E-state index contributed by atoms with van der Waals surface area (Å²) < 4.78 is 10.9. The van der Waals surface area contributed by atoms with Crippen LogP contribution in [0.2, 0.25) is 5.02 Å². The smallest absolute Gasteiger partial charge is 0.339 e. The van der Waals surface area contributed by atoms with Gasteiger partial charge in [0.2, 0.25) is 6.10 Å². The number of methoxy groups -OCH3 is 1. The van der Waals surface area contributed by atoms with E-state index in [-0.39, 0.29) is 5.56 Å². The maximum Gasteiger partial charge on any atom is 0.339 e. The van der Waals surface area contributed by atoms with Crippen molar-refractivity contribution in [3.8, 4) is 5.75 Å². The molecule has 1 atom stereocenters. The van der Waals surface area contributed by atoms with Crippen molar-refractivity contribution < 1.29 is 19.1 Å². The number of halogens is 1. The first-order chi connectivity index (χ1) is 14.0. The van der Waals surface area contributed by atoms with E-state index >= 15 is 0 Å². The Labute approximate surface area is 174 Å². The first kappa shape index (κ1) is 20.4. The number of nitrogens with one attached hydrogen (secondary N) is 1. The van der Waals surface area contributed by atoms with E-state index in [1.165, 1.54) is 13.2 Å². The van der Waals surface area contributed by atoms with Crippen LogP contribution in [0.5, 0.6) is 5.75 Å². The summed E-state index contributed by atoms with van der Waals surface area (Å²) in [6.07, 6.45) is -1.15. The lowest BCUT2D eigenvalue weighted by atomic mass is 10.1. The third-order valence-corrected chi connectivity index (χ3v) is 4.47. The van der Waals surface area contributed by atoms with Crippen LogP contribution in [0.3, 0.4) is 0 Å². The number of rotatable bonds is 6. The summed E-state index contributed by atoms with van der Waals surface area (Å²) in [7, 11) is 1.52. The second-order valence-corrected chi connectivity index (χ2v) is 6.84. The molecule has 0 aliphatic carbocycles. The number of carbonyl (C=O) groups excluding carboxylic acids is 2. The molecule has 0 aliphatic heterocycles. The summed E-state index contributed by atoms with van der Waals surface area (Å²) in [6, 6.07) is 20.6. The normalized spacial score (nSPS) is 11.4. The van der Waals surface area contributed by atoms with Crippen molar-refractivity contribution in [3.63, 3.8) is 0 Å². The Kier molecular flexibility index (Phi) is 6.52. The zero-order chi connectivity index (χ0) is 20.8. The molecule has 148 valence electrons. The summed E-state index contributed by atoms with van der Waals surface area (Å²) in [5.41, 5.74) is 2.26. The fraction of sp³-hybridized carbons (Fsp3) is 0.130. The highest BCUT2D eigenvalue weighted by Gasteiger charge is 2.26. The minimum atomic E-state index is -1.15. The molecule has 3 aromatic carbocycles. The summed E-state index contributed by atoms with van der Waals surface area (Å²) >= 11 is 5.96. The van der Waals surface area contributed by atoms with Crippen molar-refractivity contribution >= 4 is 29.2 Å². The first-order valence-electron chi connectivity index (χ1n) is 8.95. The summed E-state index contributed by atoms with van der Waals surface area (Å²) in [5.74, 6) is -0.625. The molecule has 0 aromatic heterocycles. The molecule has 6 heteroatoms. The van der Waals surface area contributed by atoms with Crippen molar-refractivity contribution in [2.75, 3.05) is 12.4 Å². The first-order valence-corrected chi connectivity index (χ1v) is 9.32. The largest absolute Gasteiger partial charge is 0.495 e. The van der Waals surface area contributed by atoms with Crippen molar-refractivity contribution in [2.45, 2.75) is 13.0 Å². The summed E-state index contributed by atoms with van der Waals surface area (Å²) in [5, 5.41) is 3.21. The average molecular weight is 410 g/mol. The molecule has 1 amide bonds. The van der Waals surface area contributed by atoms with E-state index in [0.717, 1.165) is 5.56 Å². The maximum atomic E-state index is 13.1. The zero-order valence-electron chi connectivity index (χ0n) is 16.0. The van der Waals surface area contributed by atoms with E-state index in [1.54, 1.807) is 54.6 Å². The van der Waals surface area contributed by atoms with Crippen LogP contribution in [0.15, 0.2) is 72.8 Å². The standard InChI is InChI=1S/C23H20ClNO4/c1-15-11-12-20(28-2)19(13-15)25-22(26)21(16-7-4-3-5-8-16)29-23(27)17-9-6-10-18(24)14-17/h3-14,21H,1-2H3,(H,25,26)/t21-/m0/s1. The Bertz CT molecular complexity index is 1020. The number of hydrogen-bond donors (Lipinski definition) is 1. The summed E-state index contributed by atoms with van der Waals surface area (Å²) in [6.45, 7) is 1.91. The average Bonchev–Trinajstić information content (AvgIpc) is 2.72. The van der Waals surface area contributed by atoms with Crippen LogP contribution in [-0.2, 0) is 9.53 Å². The quantitative estimate of drug-likeness (QED) is 0.569. The van der Waals surface area contributed by atoms with E-state index in [2.05, 4.69) is 5.32 Å². The maximum absolute atomic E-state index is 13.1. The molecule has 0 saturated heterocycles. The van der Waals surface area contributed by atoms with Gasteiger partial charge < -0.3 is 14.8 Å². The molecule has 3 aromatic rings. The van der Waals surface area contributed by atoms with Crippen LogP contribution >= 0.6 is 11.6 Å². The molecular formula is C23H20ClNO4. The van der Waals surface area contributed by atoms with E-state index in [1.807, 2.05) is 19.1 Å². The fourth-order valence-corrected chi connectivity index (χ4v) is 3.00. The van der Waals surface area contributed by atoms with Crippen LogP contribution in [0, 0.1) is 6.92 Å². The SMILES string of the molecule is COc1ccc(C)cc1NC(=O)[C@@H](OC(=O)c1cccc(Cl)c1)c1ccccc1. The van der Waals surface area contributed by atoms with Gasteiger partial charge in [0.1, 0.15) is 5.75 Å². The van der Waals surface area contributed by atoms with Gasteiger partial charge in [-0.2, -0.15) is 0 Å². The van der Waals surface area contributed by atoms with Gasteiger partial charge in [-0.25, -0.2) is 4.79 Å². The van der Waals surface area contributed by atoms with Crippen LogP contribution in [0.25, 0.3) is 0 Å². The van der Waals surface area contributed by atoms with E-state index in [9.17, 15) is 9.59 Å². The minimum Gasteiger partial charge on any atom is -0.495 e. The third kappa shape index (κ3) is 5.15. The Morgan fingerprint density at radius 3 is 2.41 bits per heavy atom. The Morgan fingerprint density at radius 2 is 1.72 bits per heavy atom. The molecule has 0 spiro atoms. The number of aryl methyl sites for hydroxylation is 1. The number of amides is 1. The number of hydrogen-bond acceptors (Lipinski definition) is 4. The number of esters is 1. The molecule has 0 radical (unpaired) electrons. The van der Waals surface area contributed by atoms with Crippen molar-refractivity contribution in [1.82, 2.24) is 0 Å².